The van der Waals surface area contributed by atoms with Crippen molar-refractivity contribution < 1.29 is 4.74 Å². The maximum absolute atomic E-state index is 8.62. The molecule has 0 fully saturated rings. The lowest BCUT2D eigenvalue weighted by molar-refractivity contribution is 0.303. The summed E-state index contributed by atoms with van der Waals surface area (Å²) in [5.41, 5.74) is 6.37. The first-order chi connectivity index (χ1) is 7.76. The van der Waals surface area contributed by atoms with Crippen LogP contribution in [-0.4, -0.2) is 18.4 Å². The molecule has 2 N–H and O–H groups in total. The molecular formula is C12H16N2OS. The smallest absolute Gasteiger partial charge is 0.119 e. The van der Waals surface area contributed by atoms with Gasteiger partial charge in [0.05, 0.1) is 18.2 Å². The molecule has 0 saturated carbocycles. The van der Waals surface area contributed by atoms with Gasteiger partial charge in [0.2, 0.25) is 0 Å². The highest BCUT2D eigenvalue weighted by molar-refractivity contribution is 7.80. The summed E-state index contributed by atoms with van der Waals surface area (Å²) in [6.07, 6.45) is 1.83. The van der Waals surface area contributed by atoms with Gasteiger partial charge in [0.25, 0.3) is 0 Å². The van der Waals surface area contributed by atoms with E-state index in [2.05, 4.69) is 18.7 Å². The largest absolute Gasteiger partial charge is 0.494 e. The van der Waals surface area contributed by atoms with E-state index in [1.165, 1.54) is 0 Å². The molecule has 0 radical (unpaired) electrons. The summed E-state index contributed by atoms with van der Waals surface area (Å²) in [4.78, 5) is 0. The minimum absolute atomic E-state index is 0.146. The Labute approximate surface area is 102 Å². The SMILES string of the molecule is N#Cc1ccc(OCCC[C@@H](N)CS)cc1. The van der Waals surface area contributed by atoms with Crippen molar-refractivity contribution in [3.05, 3.63) is 29.8 Å². The molecule has 0 spiro atoms. The van der Waals surface area contributed by atoms with Gasteiger partial charge in [-0.2, -0.15) is 17.9 Å². The molecule has 4 heteroatoms. The second-order valence-corrected chi connectivity index (χ2v) is 3.93. The van der Waals surface area contributed by atoms with Gasteiger partial charge in [-0.15, -0.1) is 0 Å². The average Bonchev–Trinajstić information content (AvgIpc) is 2.35. The molecular weight excluding hydrogens is 220 g/mol. The number of ether oxygens (including phenoxy) is 1. The molecule has 0 saturated heterocycles. The second-order valence-electron chi connectivity index (χ2n) is 3.57. The molecule has 0 amide bonds. The lowest BCUT2D eigenvalue weighted by Gasteiger charge is -2.09. The molecule has 0 aliphatic rings. The number of hydrogen-bond acceptors (Lipinski definition) is 4. The summed E-state index contributed by atoms with van der Waals surface area (Å²) in [7, 11) is 0. The van der Waals surface area contributed by atoms with E-state index in [9.17, 15) is 0 Å². The van der Waals surface area contributed by atoms with Crippen LogP contribution in [0, 0.1) is 11.3 Å². The van der Waals surface area contributed by atoms with Gasteiger partial charge in [-0.1, -0.05) is 0 Å². The van der Waals surface area contributed by atoms with E-state index >= 15 is 0 Å². The maximum Gasteiger partial charge on any atom is 0.119 e. The van der Waals surface area contributed by atoms with Crippen molar-refractivity contribution in [1.82, 2.24) is 0 Å². The zero-order chi connectivity index (χ0) is 11.8. The van der Waals surface area contributed by atoms with Crippen LogP contribution in [-0.2, 0) is 0 Å². The van der Waals surface area contributed by atoms with Crippen LogP contribution in [0.3, 0.4) is 0 Å². The first kappa shape index (κ1) is 12.9. The van der Waals surface area contributed by atoms with E-state index < -0.39 is 0 Å². The zero-order valence-electron chi connectivity index (χ0n) is 9.10. The van der Waals surface area contributed by atoms with E-state index in [0.717, 1.165) is 18.6 Å². The van der Waals surface area contributed by atoms with Crippen molar-refractivity contribution in [2.45, 2.75) is 18.9 Å². The molecule has 0 heterocycles. The highest BCUT2D eigenvalue weighted by Crippen LogP contribution is 2.12. The van der Waals surface area contributed by atoms with Crippen LogP contribution in [0.5, 0.6) is 5.75 Å². The average molecular weight is 236 g/mol. The Bertz CT molecular complexity index is 345. The highest BCUT2D eigenvalue weighted by atomic mass is 32.1. The van der Waals surface area contributed by atoms with Gasteiger partial charge < -0.3 is 10.5 Å². The number of nitrogens with two attached hydrogens (primary N) is 1. The van der Waals surface area contributed by atoms with E-state index in [0.29, 0.717) is 17.9 Å². The van der Waals surface area contributed by atoms with E-state index in [1.54, 1.807) is 24.3 Å². The van der Waals surface area contributed by atoms with Gasteiger partial charge in [-0.05, 0) is 37.1 Å². The van der Waals surface area contributed by atoms with Crippen molar-refractivity contribution in [3.63, 3.8) is 0 Å². The molecule has 0 unspecified atom stereocenters. The van der Waals surface area contributed by atoms with Crippen LogP contribution < -0.4 is 10.5 Å². The molecule has 0 bridgehead atoms. The van der Waals surface area contributed by atoms with Crippen LogP contribution in [0.2, 0.25) is 0 Å². The third-order valence-corrected chi connectivity index (χ3v) is 2.67. The zero-order valence-corrected chi connectivity index (χ0v) is 9.99. The minimum atomic E-state index is 0.146. The molecule has 0 aliphatic heterocycles. The number of nitrogens with zero attached hydrogens (tertiary/aromatic N) is 1. The van der Waals surface area contributed by atoms with E-state index in [4.69, 9.17) is 15.7 Å². The van der Waals surface area contributed by atoms with E-state index in [1.807, 2.05) is 0 Å². The molecule has 16 heavy (non-hydrogen) atoms. The standard InChI is InChI=1S/C12H16N2OS/c13-8-10-3-5-12(6-4-10)15-7-1-2-11(14)9-16/h3-6,11,16H,1-2,7,9,14H2/t11-/m1/s1. The van der Waals surface area contributed by atoms with Gasteiger partial charge in [0.1, 0.15) is 5.75 Å². The molecule has 1 rings (SSSR count). The fraction of sp³-hybridized carbons (Fsp3) is 0.417. The van der Waals surface area contributed by atoms with Crippen LogP contribution in [0.1, 0.15) is 18.4 Å². The van der Waals surface area contributed by atoms with Crippen LogP contribution in [0.4, 0.5) is 0 Å². The van der Waals surface area contributed by atoms with Crippen LogP contribution in [0.15, 0.2) is 24.3 Å². The van der Waals surface area contributed by atoms with Gasteiger partial charge in [-0.25, -0.2) is 0 Å². The summed E-state index contributed by atoms with van der Waals surface area (Å²) in [6, 6.07) is 9.30. The third kappa shape index (κ3) is 4.56. The van der Waals surface area contributed by atoms with Crippen molar-refractivity contribution in [1.29, 1.82) is 5.26 Å². The van der Waals surface area contributed by atoms with Crippen molar-refractivity contribution >= 4 is 12.6 Å². The summed E-state index contributed by atoms with van der Waals surface area (Å²) in [6.45, 7) is 0.646. The van der Waals surface area contributed by atoms with Crippen LogP contribution in [0.25, 0.3) is 0 Å². The monoisotopic (exact) mass is 236 g/mol. The van der Waals surface area contributed by atoms with Crippen molar-refractivity contribution in [2.24, 2.45) is 5.73 Å². The fourth-order valence-corrected chi connectivity index (χ4v) is 1.44. The normalized spacial score (nSPS) is 11.8. The van der Waals surface area contributed by atoms with E-state index in [-0.39, 0.29) is 6.04 Å². The van der Waals surface area contributed by atoms with Crippen molar-refractivity contribution in [2.75, 3.05) is 12.4 Å². The molecule has 86 valence electrons. The fourth-order valence-electron chi connectivity index (χ4n) is 1.25. The molecule has 3 nitrogen and oxygen atoms in total. The van der Waals surface area contributed by atoms with Gasteiger partial charge in [0.15, 0.2) is 0 Å². The Morgan fingerprint density at radius 3 is 2.62 bits per heavy atom. The van der Waals surface area contributed by atoms with Crippen LogP contribution >= 0.6 is 12.6 Å². The first-order valence-electron chi connectivity index (χ1n) is 5.25. The lowest BCUT2D eigenvalue weighted by Crippen LogP contribution is -2.22. The predicted molar refractivity (Wildman–Crippen MR) is 67.7 cm³/mol. The van der Waals surface area contributed by atoms with Crippen molar-refractivity contribution in [3.8, 4) is 11.8 Å². The second kappa shape index (κ2) is 7.15. The highest BCUT2D eigenvalue weighted by Gasteiger charge is 1.99. The third-order valence-electron chi connectivity index (χ3n) is 2.21. The Morgan fingerprint density at radius 2 is 2.06 bits per heavy atom. The predicted octanol–water partition coefficient (Wildman–Crippen LogP) is 1.97. The van der Waals surface area contributed by atoms with Gasteiger partial charge >= 0.3 is 0 Å². The summed E-state index contributed by atoms with van der Waals surface area (Å²) in [5.74, 6) is 1.50. The summed E-state index contributed by atoms with van der Waals surface area (Å²) >= 11 is 4.11. The quantitative estimate of drug-likeness (QED) is 0.586. The lowest BCUT2D eigenvalue weighted by atomic mass is 10.2. The molecule has 0 aliphatic carbocycles. The summed E-state index contributed by atoms with van der Waals surface area (Å²) < 4.78 is 5.51. The first-order valence-corrected chi connectivity index (χ1v) is 5.89. The topological polar surface area (TPSA) is 59.0 Å². The van der Waals surface area contributed by atoms with Gasteiger partial charge in [0, 0.05) is 11.8 Å². The Morgan fingerprint density at radius 1 is 1.38 bits per heavy atom. The molecule has 1 atom stereocenters. The Hall–Kier alpha value is -1.18. The Kier molecular flexibility index (Phi) is 5.76. The maximum atomic E-state index is 8.62. The Balaban J connectivity index is 2.25. The van der Waals surface area contributed by atoms with Gasteiger partial charge in [-0.3, -0.25) is 0 Å². The number of rotatable bonds is 6. The molecule has 1 aromatic carbocycles. The number of benzene rings is 1. The molecule has 0 aromatic heterocycles. The number of hydrogen-bond donors (Lipinski definition) is 2. The number of thiol groups is 1. The number of nitriles is 1. The molecule has 1 aromatic rings. The summed E-state index contributed by atoms with van der Waals surface area (Å²) in [5, 5.41) is 8.62. The minimum Gasteiger partial charge on any atom is -0.494 e.